The minimum Gasteiger partial charge on any atom is -0.286 e. The lowest BCUT2D eigenvalue weighted by molar-refractivity contribution is -0.143. The molecule has 0 atom stereocenters. The van der Waals surface area contributed by atoms with Crippen LogP contribution in [-0.4, -0.2) is 23.9 Å². The predicted octanol–water partition coefficient (Wildman–Crippen LogP) is 1.61. The molecular weight excluding hydrogens is 152 g/mol. The fourth-order valence-corrected chi connectivity index (χ4v) is 1.21. The van der Waals surface area contributed by atoms with Crippen LogP contribution in [0.5, 0.6) is 0 Å². The third kappa shape index (κ3) is 2.13. The molecule has 0 bridgehead atoms. The number of alkyl halides is 2. The second-order valence-corrected chi connectivity index (χ2v) is 2.68. The maximum absolute atomic E-state index is 12.1. The zero-order chi connectivity index (χ0) is 8.27. The number of nitrogens with zero attached hydrogens (tertiary/aromatic N) is 1. The normalized spacial score (nSPS) is 20.6. The molecule has 11 heavy (non-hydrogen) atoms. The Morgan fingerprint density at radius 3 is 2.64 bits per heavy atom. The van der Waals surface area contributed by atoms with Crippen molar-refractivity contribution >= 4 is 5.91 Å². The molecule has 1 rings (SSSR count). The van der Waals surface area contributed by atoms with E-state index in [4.69, 9.17) is 0 Å². The predicted molar refractivity (Wildman–Crippen MR) is 36.2 cm³/mol. The van der Waals surface area contributed by atoms with Crippen LogP contribution in [0.4, 0.5) is 8.78 Å². The second kappa shape index (κ2) is 3.64. The lowest BCUT2D eigenvalue weighted by atomic mass is 10.2. The molecule has 0 aromatic heterocycles. The van der Waals surface area contributed by atoms with E-state index in [0.29, 0.717) is 11.3 Å². The molecule has 1 saturated heterocycles. The molecular formula is C7H11F2NO. The lowest BCUT2D eigenvalue weighted by Gasteiger charge is -2.18. The quantitative estimate of drug-likeness (QED) is 0.538. The topological polar surface area (TPSA) is 20.3 Å². The highest BCUT2D eigenvalue weighted by Gasteiger charge is 2.23. The van der Waals surface area contributed by atoms with Crippen molar-refractivity contribution in [2.45, 2.75) is 32.2 Å². The largest absolute Gasteiger partial charge is 0.317 e. The van der Waals surface area contributed by atoms with Crippen molar-refractivity contribution < 1.29 is 13.6 Å². The van der Waals surface area contributed by atoms with Crippen LogP contribution < -0.4 is 0 Å². The molecule has 0 aromatic rings. The molecule has 2 nitrogen and oxygen atoms in total. The maximum Gasteiger partial charge on any atom is 0.317 e. The first-order valence-corrected chi connectivity index (χ1v) is 3.79. The molecule has 0 aliphatic carbocycles. The number of amides is 1. The van der Waals surface area contributed by atoms with E-state index in [0.717, 1.165) is 12.8 Å². The Morgan fingerprint density at radius 2 is 2.00 bits per heavy atom. The van der Waals surface area contributed by atoms with Crippen LogP contribution in [0.3, 0.4) is 0 Å². The summed E-state index contributed by atoms with van der Waals surface area (Å²) in [6.45, 7) is -2.39. The Balaban J connectivity index is 2.52. The van der Waals surface area contributed by atoms with E-state index >= 15 is 0 Å². The molecule has 1 fully saturated rings. The zero-order valence-electron chi connectivity index (χ0n) is 6.22. The Bertz CT molecular complexity index is 149. The first-order valence-electron chi connectivity index (χ1n) is 3.79. The minimum absolute atomic E-state index is 0.219. The molecule has 0 spiro atoms. The number of hydrogen-bond acceptors (Lipinski definition) is 1. The van der Waals surface area contributed by atoms with Crippen LogP contribution in [0.2, 0.25) is 0 Å². The second-order valence-electron chi connectivity index (χ2n) is 2.68. The average Bonchev–Trinajstić information content (AvgIpc) is 2.13. The first kappa shape index (κ1) is 8.43. The van der Waals surface area contributed by atoms with Crippen molar-refractivity contribution in [1.29, 1.82) is 0 Å². The van der Waals surface area contributed by atoms with Gasteiger partial charge in [-0.2, -0.15) is 8.78 Å². The van der Waals surface area contributed by atoms with Gasteiger partial charge in [0.25, 0.3) is 0 Å². The van der Waals surface area contributed by atoms with Gasteiger partial charge in [-0.3, -0.25) is 9.69 Å². The van der Waals surface area contributed by atoms with Crippen molar-refractivity contribution in [1.82, 2.24) is 4.90 Å². The lowest BCUT2D eigenvalue weighted by Crippen LogP contribution is -2.34. The number of carbonyl (C=O) groups is 1. The number of likely N-dealkylation sites (tertiary alicyclic amines) is 1. The molecule has 0 aromatic carbocycles. The van der Waals surface area contributed by atoms with E-state index in [1.807, 2.05) is 0 Å². The van der Waals surface area contributed by atoms with Crippen molar-refractivity contribution in [3.63, 3.8) is 0 Å². The summed E-state index contributed by atoms with van der Waals surface area (Å²) in [5.74, 6) is -0.405. The van der Waals surface area contributed by atoms with Gasteiger partial charge in [-0.15, -0.1) is 0 Å². The number of rotatable bonds is 1. The SMILES string of the molecule is O=C1CCCCCN1C(F)F. The summed E-state index contributed by atoms with van der Waals surface area (Å²) in [6.07, 6.45) is 2.62. The van der Waals surface area contributed by atoms with Gasteiger partial charge in [0, 0.05) is 13.0 Å². The van der Waals surface area contributed by atoms with Gasteiger partial charge < -0.3 is 0 Å². The van der Waals surface area contributed by atoms with E-state index < -0.39 is 12.5 Å². The summed E-state index contributed by atoms with van der Waals surface area (Å²) >= 11 is 0. The summed E-state index contributed by atoms with van der Waals surface area (Å²) < 4.78 is 24.1. The summed E-state index contributed by atoms with van der Waals surface area (Å²) in [7, 11) is 0. The zero-order valence-corrected chi connectivity index (χ0v) is 6.22. The average molecular weight is 163 g/mol. The molecule has 0 N–H and O–H groups in total. The van der Waals surface area contributed by atoms with Gasteiger partial charge in [-0.25, -0.2) is 0 Å². The fourth-order valence-electron chi connectivity index (χ4n) is 1.21. The highest BCUT2D eigenvalue weighted by molar-refractivity contribution is 5.76. The standard InChI is InChI=1S/C7H11F2NO/c8-7(9)10-5-3-1-2-4-6(10)11/h7H,1-5H2. The molecule has 1 amide bonds. The van der Waals surface area contributed by atoms with E-state index in [1.54, 1.807) is 0 Å². The molecule has 0 saturated carbocycles. The van der Waals surface area contributed by atoms with Gasteiger partial charge in [0.2, 0.25) is 5.91 Å². The Hall–Kier alpha value is -0.670. The van der Waals surface area contributed by atoms with Crippen LogP contribution in [0.1, 0.15) is 25.7 Å². The summed E-state index contributed by atoms with van der Waals surface area (Å²) in [4.78, 5) is 11.6. The van der Waals surface area contributed by atoms with Gasteiger partial charge in [0.15, 0.2) is 0 Å². The molecule has 0 unspecified atom stereocenters. The Morgan fingerprint density at radius 1 is 1.27 bits per heavy atom. The van der Waals surface area contributed by atoms with Crippen molar-refractivity contribution in [2.75, 3.05) is 6.54 Å². The summed E-state index contributed by atoms with van der Waals surface area (Å²) in [5, 5.41) is 0. The van der Waals surface area contributed by atoms with Crippen LogP contribution in [0, 0.1) is 0 Å². The van der Waals surface area contributed by atoms with Crippen LogP contribution in [-0.2, 0) is 4.79 Å². The van der Waals surface area contributed by atoms with Crippen LogP contribution >= 0.6 is 0 Å². The highest BCUT2D eigenvalue weighted by atomic mass is 19.3. The van der Waals surface area contributed by atoms with E-state index in [2.05, 4.69) is 0 Å². The van der Waals surface area contributed by atoms with Crippen molar-refractivity contribution in [3.8, 4) is 0 Å². The van der Waals surface area contributed by atoms with Gasteiger partial charge in [0.05, 0.1) is 0 Å². The van der Waals surface area contributed by atoms with E-state index in [9.17, 15) is 13.6 Å². The Kier molecular flexibility index (Phi) is 2.79. The molecule has 64 valence electrons. The number of carbonyl (C=O) groups excluding carboxylic acids is 1. The smallest absolute Gasteiger partial charge is 0.286 e. The number of hydrogen-bond donors (Lipinski definition) is 0. The Labute approximate surface area is 64.2 Å². The molecule has 1 heterocycles. The van der Waals surface area contributed by atoms with Crippen molar-refractivity contribution in [3.05, 3.63) is 0 Å². The minimum atomic E-state index is -2.61. The molecule has 0 radical (unpaired) electrons. The van der Waals surface area contributed by atoms with Gasteiger partial charge in [0.1, 0.15) is 0 Å². The third-order valence-electron chi connectivity index (χ3n) is 1.85. The monoisotopic (exact) mass is 163 g/mol. The van der Waals surface area contributed by atoms with Crippen LogP contribution in [0.15, 0.2) is 0 Å². The van der Waals surface area contributed by atoms with Gasteiger partial charge in [-0.05, 0) is 12.8 Å². The van der Waals surface area contributed by atoms with Crippen molar-refractivity contribution in [2.24, 2.45) is 0 Å². The third-order valence-corrected chi connectivity index (χ3v) is 1.85. The molecule has 4 heteroatoms. The summed E-state index contributed by atoms with van der Waals surface area (Å²) in [5.41, 5.74) is 0. The van der Waals surface area contributed by atoms with Gasteiger partial charge in [-0.1, -0.05) is 6.42 Å². The van der Waals surface area contributed by atoms with Gasteiger partial charge >= 0.3 is 6.55 Å². The molecule has 1 aliphatic rings. The first-order chi connectivity index (χ1) is 5.22. The fraction of sp³-hybridized carbons (Fsp3) is 0.857. The highest BCUT2D eigenvalue weighted by Crippen LogP contribution is 2.14. The van der Waals surface area contributed by atoms with Crippen LogP contribution in [0.25, 0.3) is 0 Å². The molecule has 1 aliphatic heterocycles. The van der Waals surface area contributed by atoms with E-state index in [1.165, 1.54) is 0 Å². The number of halogens is 2. The van der Waals surface area contributed by atoms with E-state index in [-0.39, 0.29) is 13.0 Å². The summed E-state index contributed by atoms with van der Waals surface area (Å²) in [6, 6.07) is 0. The maximum atomic E-state index is 12.1.